The molecule has 4 rings (SSSR count). The molecule has 1 aliphatic heterocycles. The van der Waals surface area contributed by atoms with Crippen LogP contribution < -0.4 is 4.90 Å². The summed E-state index contributed by atoms with van der Waals surface area (Å²) in [4.78, 5) is 19.6. The maximum absolute atomic E-state index is 12.7. The zero-order chi connectivity index (χ0) is 21.3. The van der Waals surface area contributed by atoms with Gasteiger partial charge < -0.3 is 4.90 Å². The molecule has 0 unspecified atom stereocenters. The van der Waals surface area contributed by atoms with Crippen LogP contribution in [0, 0.1) is 10.1 Å². The number of halogens is 3. The van der Waals surface area contributed by atoms with Crippen molar-refractivity contribution in [2.75, 3.05) is 31.1 Å². The van der Waals surface area contributed by atoms with Crippen molar-refractivity contribution in [1.29, 1.82) is 0 Å². The van der Waals surface area contributed by atoms with Gasteiger partial charge in [-0.25, -0.2) is 0 Å². The number of hydrogen-bond donors (Lipinski definition) is 0. The van der Waals surface area contributed by atoms with Gasteiger partial charge in [0.2, 0.25) is 0 Å². The van der Waals surface area contributed by atoms with Gasteiger partial charge in [0, 0.05) is 45.0 Å². The highest BCUT2D eigenvalue weighted by molar-refractivity contribution is 5.97. The summed E-state index contributed by atoms with van der Waals surface area (Å²) in [6, 6.07) is 11.9. The zero-order valence-corrected chi connectivity index (χ0v) is 16.0. The van der Waals surface area contributed by atoms with E-state index in [0.717, 1.165) is 36.5 Å². The van der Waals surface area contributed by atoms with Gasteiger partial charge in [0.15, 0.2) is 0 Å². The Balaban J connectivity index is 1.45. The third-order valence-electron chi connectivity index (χ3n) is 5.32. The van der Waals surface area contributed by atoms with Gasteiger partial charge in [-0.1, -0.05) is 12.1 Å². The number of nitrogens with zero attached hydrogens (tertiary/aromatic N) is 4. The summed E-state index contributed by atoms with van der Waals surface area (Å²) >= 11 is 0. The third kappa shape index (κ3) is 4.06. The van der Waals surface area contributed by atoms with E-state index in [1.165, 1.54) is 18.2 Å². The molecule has 30 heavy (non-hydrogen) atoms. The maximum Gasteiger partial charge on any atom is 0.416 e. The van der Waals surface area contributed by atoms with Gasteiger partial charge in [-0.15, -0.1) is 0 Å². The molecule has 6 nitrogen and oxygen atoms in total. The van der Waals surface area contributed by atoms with Gasteiger partial charge >= 0.3 is 6.18 Å². The Kier molecular flexibility index (Phi) is 5.29. The van der Waals surface area contributed by atoms with Crippen molar-refractivity contribution in [3.05, 3.63) is 76.0 Å². The highest BCUT2D eigenvalue weighted by atomic mass is 19.4. The van der Waals surface area contributed by atoms with E-state index in [1.807, 2.05) is 0 Å². The molecule has 1 fully saturated rings. The molecule has 0 spiro atoms. The van der Waals surface area contributed by atoms with Crippen LogP contribution >= 0.6 is 0 Å². The molecule has 0 saturated carbocycles. The van der Waals surface area contributed by atoms with E-state index >= 15 is 0 Å². The molecule has 1 saturated heterocycles. The number of nitro groups is 1. The highest BCUT2D eigenvalue weighted by Crippen LogP contribution is 2.33. The van der Waals surface area contributed by atoms with E-state index in [-0.39, 0.29) is 5.69 Å². The van der Waals surface area contributed by atoms with Crippen molar-refractivity contribution in [3.8, 4) is 0 Å². The molecule has 3 aromatic rings. The number of pyridine rings is 1. The van der Waals surface area contributed by atoms with Gasteiger partial charge in [0.05, 0.1) is 21.6 Å². The summed E-state index contributed by atoms with van der Waals surface area (Å²) in [5.74, 6) is 0. The lowest BCUT2D eigenvalue weighted by atomic mass is 10.1. The predicted octanol–water partition coefficient (Wildman–Crippen LogP) is 4.48. The number of piperazine rings is 1. The van der Waals surface area contributed by atoms with Crippen molar-refractivity contribution >= 4 is 22.3 Å². The summed E-state index contributed by atoms with van der Waals surface area (Å²) in [5, 5.41) is 11.8. The van der Waals surface area contributed by atoms with Gasteiger partial charge in [0.1, 0.15) is 5.52 Å². The standard InChI is InChI=1S/C21H19F3N4O2/c22-21(23,24)16-5-3-15(4-6-16)14-26-10-12-27(13-11-26)19-8-7-18(28(29)30)17-2-1-9-25-20(17)19/h1-9H,10-14H2. The fourth-order valence-corrected chi connectivity index (χ4v) is 3.76. The lowest BCUT2D eigenvalue weighted by molar-refractivity contribution is -0.383. The molecule has 0 N–H and O–H groups in total. The Labute approximate surface area is 170 Å². The van der Waals surface area contributed by atoms with Crippen LogP contribution in [-0.4, -0.2) is 41.0 Å². The summed E-state index contributed by atoms with van der Waals surface area (Å²) in [6.45, 7) is 3.43. The number of benzene rings is 2. The third-order valence-corrected chi connectivity index (χ3v) is 5.32. The van der Waals surface area contributed by atoms with Crippen molar-refractivity contribution < 1.29 is 18.1 Å². The van der Waals surface area contributed by atoms with E-state index in [0.29, 0.717) is 30.5 Å². The first-order chi connectivity index (χ1) is 14.3. The number of non-ortho nitro benzene ring substituents is 1. The molecule has 0 amide bonds. The lowest BCUT2D eigenvalue weighted by Crippen LogP contribution is -2.46. The lowest BCUT2D eigenvalue weighted by Gasteiger charge is -2.36. The summed E-state index contributed by atoms with van der Waals surface area (Å²) in [7, 11) is 0. The Morgan fingerprint density at radius 2 is 1.70 bits per heavy atom. The van der Waals surface area contributed by atoms with Crippen LogP contribution in [0.25, 0.3) is 10.9 Å². The number of alkyl halides is 3. The van der Waals surface area contributed by atoms with Crippen LogP contribution in [0.4, 0.5) is 24.5 Å². The first kappa shape index (κ1) is 20.1. The second-order valence-corrected chi connectivity index (χ2v) is 7.22. The number of rotatable bonds is 4. The quantitative estimate of drug-likeness (QED) is 0.463. The first-order valence-corrected chi connectivity index (χ1v) is 9.48. The minimum absolute atomic E-state index is 0.0304. The fraction of sp³-hybridized carbons (Fsp3) is 0.286. The average molecular weight is 416 g/mol. The molecule has 0 aliphatic carbocycles. The Bertz CT molecular complexity index is 1060. The molecule has 0 radical (unpaired) electrons. The average Bonchev–Trinajstić information content (AvgIpc) is 2.73. The largest absolute Gasteiger partial charge is 0.416 e. The van der Waals surface area contributed by atoms with Crippen molar-refractivity contribution in [2.45, 2.75) is 12.7 Å². The van der Waals surface area contributed by atoms with Gasteiger partial charge in [-0.2, -0.15) is 13.2 Å². The van der Waals surface area contributed by atoms with Crippen molar-refractivity contribution in [1.82, 2.24) is 9.88 Å². The van der Waals surface area contributed by atoms with Gasteiger partial charge in [-0.05, 0) is 35.9 Å². The number of aromatic nitrogens is 1. The molecule has 1 aliphatic rings. The number of fused-ring (bicyclic) bond motifs is 1. The summed E-state index contributed by atoms with van der Waals surface area (Å²) in [5.41, 5.74) is 1.67. The molecular weight excluding hydrogens is 397 g/mol. The molecule has 156 valence electrons. The van der Waals surface area contributed by atoms with Crippen LogP contribution in [0.5, 0.6) is 0 Å². The van der Waals surface area contributed by atoms with E-state index in [4.69, 9.17) is 0 Å². The predicted molar refractivity (Wildman–Crippen MR) is 107 cm³/mol. The van der Waals surface area contributed by atoms with Gasteiger partial charge in [0.25, 0.3) is 5.69 Å². The molecule has 2 heterocycles. The Hall–Kier alpha value is -3.20. The molecular formula is C21H19F3N4O2. The summed E-state index contributed by atoms with van der Waals surface area (Å²) < 4.78 is 38.1. The van der Waals surface area contributed by atoms with E-state index in [9.17, 15) is 23.3 Å². The second-order valence-electron chi connectivity index (χ2n) is 7.22. The van der Waals surface area contributed by atoms with E-state index in [1.54, 1.807) is 24.4 Å². The van der Waals surface area contributed by atoms with Crippen LogP contribution in [0.1, 0.15) is 11.1 Å². The van der Waals surface area contributed by atoms with E-state index < -0.39 is 16.7 Å². The highest BCUT2D eigenvalue weighted by Gasteiger charge is 2.30. The topological polar surface area (TPSA) is 62.5 Å². The SMILES string of the molecule is O=[N+]([O-])c1ccc(N2CCN(Cc3ccc(C(F)(F)F)cc3)CC2)c2ncccc12. The van der Waals surface area contributed by atoms with E-state index in [2.05, 4.69) is 14.8 Å². The van der Waals surface area contributed by atoms with Crippen LogP contribution in [0.3, 0.4) is 0 Å². The molecule has 0 atom stereocenters. The first-order valence-electron chi connectivity index (χ1n) is 9.48. The van der Waals surface area contributed by atoms with Gasteiger partial charge in [-0.3, -0.25) is 20.0 Å². The molecule has 0 bridgehead atoms. The normalized spacial score (nSPS) is 15.5. The monoisotopic (exact) mass is 416 g/mol. The second kappa shape index (κ2) is 7.91. The number of hydrogen-bond acceptors (Lipinski definition) is 5. The van der Waals surface area contributed by atoms with Crippen molar-refractivity contribution in [3.63, 3.8) is 0 Å². The Morgan fingerprint density at radius 3 is 2.33 bits per heavy atom. The van der Waals surface area contributed by atoms with Crippen molar-refractivity contribution in [2.24, 2.45) is 0 Å². The molecule has 1 aromatic heterocycles. The fourth-order valence-electron chi connectivity index (χ4n) is 3.76. The Morgan fingerprint density at radius 1 is 1.00 bits per heavy atom. The molecule has 2 aromatic carbocycles. The smallest absolute Gasteiger partial charge is 0.367 e. The molecule has 9 heteroatoms. The summed E-state index contributed by atoms with van der Waals surface area (Å²) in [6.07, 6.45) is -2.71. The van der Waals surface area contributed by atoms with Crippen LogP contribution in [-0.2, 0) is 12.7 Å². The van der Waals surface area contributed by atoms with Crippen LogP contribution in [0.2, 0.25) is 0 Å². The minimum atomic E-state index is -4.33. The minimum Gasteiger partial charge on any atom is -0.367 e. The van der Waals surface area contributed by atoms with Crippen LogP contribution in [0.15, 0.2) is 54.7 Å². The zero-order valence-electron chi connectivity index (χ0n) is 16.0. The maximum atomic E-state index is 12.7. The number of nitro benzene ring substituents is 1. The number of anilines is 1.